The highest BCUT2D eigenvalue weighted by Crippen LogP contribution is 2.40. The van der Waals surface area contributed by atoms with Crippen LogP contribution < -0.4 is 0 Å². The summed E-state index contributed by atoms with van der Waals surface area (Å²) in [6, 6.07) is 57.1. The van der Waals surface area contributed by atoms with Crippen molar-refractivity contribution in [3.8, 4) is 67.5 Å². The van der Waals surface area contributed by atoms with Crippen molar-refractivity contribution in [1.82, 2.24) is 14.5 Å². The Hall–Kier alpha value is -7.29. The second kappa shape index (κ2) is 12.9. The van der Waals surface area contributed by atoms with Crippen LogP contribution in [0, 0.1) is 6.57 Å². The van der Waals surface area contributed by atoms with Crippen LogP contribution in [-0.4, -0.2) is 19.6 Å². The van der Waals surface area contributed by atoms with Crippen LogP contribution in [0.25, 0.3) is 88.4 Å². The zero-order chi connectivity index (χ0) is 35.0. The molecule has 0 saturated carbocycles. The van der Waals surface area contributed by atoms with E-state index >= 15 is 0 Å². The summed E-state index contributed by atoms with van der Waals surface area (Å²) in [5, 5.41) is 13.3. The van der Waals surface area contributed by atoms with E-state index in [2.05, 4.69) is 119 Å². The van der Waals surface area contributed by atoms with Gasteiger partial charge in [-0.15, -0.1) is 0 Å². The lowest BCUT2D eigenvalue weighted by molar-refractivity contribution is 0.477. The Bertz CT molecular complexity index is 2820. The molecule has 0 aliphatic heterocycles. The SMILES string of the molecule is [C-]#[N+]c1ccc(O)c(-c2cc(-c3ccccc3)cc(-c3cccc(-c4cc(-c5cccc6c7ccccc7n(-c7ccccc7)c56)ccn4)c3)n2)c1. The second-order valence-corrected chi connectivity index (χ2v) is 12.7. The minimum absolute atomic E-state index is 0.0761. The number of pyridine rings is 2. The fourth-order valence-corrected chi connectivity index (χ4v) is 7.10. The highest BCUT2D eigenvalue weighted by atomic mass is 16.3. The third-order valence-corrected chi connectivity index (χ3v) is 9.55. The number of aromatic nitrogens is 3. The van der Waals surface area contributed by atoms with E-state index in [0.717, 1.165) is 61.5 Å². The van der Waals surface area contributed by atoms with Gasteiger partial charge in [0.05, 0.1) is 34.7 Å². The summed E-state index contributed by atoms with van der Waals surface area (Å²) in [6.45, 7) is 7.53. The zero-order valence-electron chi connectivity index (χ0n) is 28.0. The average Bonchev–Trinajstić information content (AvgIpc) is 3.56. The molecule has 6 aromatic carbocycles. The Morgan fingerprint density at radius 2 is 1.17 bits per heavy atom. The van der Waals surface area contributed by atoms with Crippen molar-refractivity contribution in [1.29, 1.82) is 0 Å². The summed E-state index contributed by atoms with van der Waals surface area (Å²) in [7, 11) is 0. The van der Waals surface area contributed by atoms with Gasteiger partial charge < -0.3 is 9.67 Å². The number of benzene rings is 6. The lowest BCUT2D eigenvalue weighted by atomic mass is 9.97. The number of phenolic OH excluding ortho intramolecular Hbond substituents is 1. The molecule has 3 heterocycles. The van der Waals surface area contributed by atoms with Crippen LogP contribution in [0.2, 0.25) is 0 Å². The maximum atomic E-state index is 10.9. The molecule has 5 nitrogen and oxygen atoms in total. The van der Waals surface area contributed by atoms with Gasteiger partial charge in [-0.3, -0.25) is 4.98 Å². The molecule has 9 aromatic rings. The van der Waals surface area contributed by atoms with E-state index in [1.807, 2.05) is 48.7 Å². The van der Waals surface area contributed by atoms with Gasteiger partial charge in [-0.05, 0) is 77.4 Å². The smallest absolute Gasteiger partial charge is 0.188 e. The Kier molecular flexibility index (Phi) is 7.61. The molecule has 0 amide bonds. The molecule has 0 unspecified atom stereocenters. The summed E-state index contributed by atoms with van der Waals surface area (Å²) < 4.78 is 2.36. The van der Waals surface area contributed by atoms with Crippen molar-refractivity contribution in [2.45, 2.75) is 0 Å². The van der Waals surface area contributed by atoms with E-state index in [4.69, 9.17) is 16.5 Å². The maximum Gasteiger partial charge on any atom is 0.188 e. The van der Waals surface area contributed by atoms with Gasteiger partial charge in [0, 0.05) is 44.9 Å². The van der Waals surface area contributed by atoms with Gasteiger partial charge in [0.15, 0.2) is 5.69 Å². The molecule has 0 radical (unpaired) electrons. The van der Waals surface area contributed by atoms with E-state index in [9.17, 15) is 5.11 Å². The van der Waals surface area contributed by atoms with Crippen LogP contribution in [0.1, 0.15) is 0 Å². The van der Waals surface area contributed by atoms with Crippen molar-refractivity contribution in [2.75, 3.05) is 0 Å². The summed E-state index contributed by atoms with van der Waals surface area (Å²) in [5.74, 6) is 0.0761. The van der Waals surface area contributed by atoms with E-state index in [0.29, 0.717) is 16.9 Å². The Labute approximate surface area is 301 Å². The number of para-hydroxylation sites is 3. The largest absolute Gasteiger partial charge is 0.507 e. The highest BCUT2D eigenvalue weighted by Gasteiger charge is 2.17. The lowest BCUT2D eigenvalue weighted by Gasteiger charge is -2.13. The molecule has 1 N–H and O–H groups in total. The van der Waals surface area contributed by atoms with Crippen LogP contribution in [0.4, 0.5) is 5.69 Å². The van der Waals surface area contributed by atoms with Gasteiger partial charge in [0.2, 0.25) is 0 Å². The molecular formula is C47H30N4O. The molecule has 0 aliphatic carbocycles. The maximum absolute atomic E-state index is 10.9. The standard InChI is InChI=1S/C47H30N4O/c1-48-36-22-23-46(52)41(30-36)44-29-35(31-12-4-2-5-13-31)28-43(50-44)34-15-10-14-33(26-34)42-27-32(24-25-49-42)38-19-11-20-40-39-18-8-9-21-45(39)51(47(38)40)37-16-6-3-7-17-37/h2-30,52H. The van der Waals surface area contributed by atoms with Gasteiger partial charge in [0.1, 0.15) is 5.75 Å². The van der Waals surface area contributed by atoms with Gasteiger partial charge >= 0.3 is 0 Å². The van der Waals surface area contributed by atoms with Crippen molar-refractivity contribution >= 4 is 27.5 Å². The topological polar surface area (TPSA) is 55.3 Å². The molecule has 5 heteroatoms. The highest BCUT2D eigenvalue weighted by molar-refractivity contribution is 6.13. The number of hydrogen-bond acceptors (Lipinski definition) is 3. The molecule has 0 bridgehead atoms. The summed E-state index contributed by atoms with van der Waals surface area (Å²) >= 11 is 0. The molecule has 0 atom stereocenters. The first-order valence-electron chi connectivity index (χ1n) is 17.1. The number of nitrogens with zero attached hydrogens (tertiary/aromatic N) is 4. The molecule has 9 rings (SSSR count). The normalized spacial score (nSPS) is 11.1. The van der Waals surface area contributed by atoms with Crippen LogP contribution in [0.5, 0.6) is 5.75 Å². The predicted molar refractivity (Wildman–Crippen MR) is 211 cm³/mol. The predicted octanol–water partition coefficient (Wildman–Crippen LogP) is 12.2. The summed E-state index contributed by atoms with van der Waals surface area (Å²) in [4.78, 5) is 13.5. The lowest BCUT2D eigenvalue weighted by Crippen LogP contribution is -1.95. The zero-order valence-corrected chi connectivity index (χ0v) is 28.0. The van der Waals surface area contributed by atoms with E-state index in [1.54, 1.807) is 18.2 Å². The quantitative estimate of drug-likeness (QED) is 0.180. The monoisotopic (exact) mass is 666 g/mol. The van der Waals surface area contributed by atoms with Gasteiger partial charge in [0.25, 0.3) is 0 Å². The molecule has 244 valence electrons. The van der Waals surface area contributed by atoms with Crippen molar-refractivity contribution in [2.24, 2.45) is 0 Å². The molecule has 52 heavy (non-hydrogen) atoms. The third kappa shape index (κ3) is 5.45. The molecule has 0 saturated heterocycles. The molecule has 3 aromatic heterocycles. The van der Waals surface area contributed by atoms with Crippen LogP contribution >= 0.6 is 0 Å². The fraction of sp³-hybridized carbons (Fsp3) is 0. The third-order valence-electron chi connectivity index (χ3n) is 9.55. The Morgan fingerprint density at radius 3 is 2.00 bits per heavy atom. The van der Waals surface area contributed by atoms with E-state index in [1.165, 1.54) is 10.8 Å². The minimum Gasteiger partial charge on any atom is -0.507 e. The van der Waals surface area contributed by atoms with Crippen LogP contribution in [-0.2, 0) is 0 Å². The van der Waals surface area contributed by atoms with Crippen molar-refractivity contribution < 1.29 is 5.11 Å². The first-order chi connectivity index (χ1) is 25.6. The average molecular weight is 667 g/mol. The van der Waals surface area contributed by atoms with E-state index < -0.39 is 0 Å². The van der Waals surface area contributed by atoms with Gasteiger partial charge in [-0.2, -0.15) is 0 Å². The van der Waals surface area contributed by atoms with E-state index in [-0.39, 0.29) is 5.75 Å². The van der Waals surface area contributed by atoms with Gasteiger partial charge in [-0.25, -0.2) is 9.83 Å². The fourth-order valence-electron chi connectivity index (χ4n) is 7.10. The first-order valence-corrected chi connectivity index (χ1v) is 17.1. The minimum atomic E-state index is 0.0761. The molecule has 0 spiro atoms. The van der Waals surface area contributed by atoms with Crippen LogP contribution in [0.15, 0.2) is 176 Å². The second-order valence-electron chi connectivity index (χ2n) is 12.7. The summed E-state index contributed by atoms with van der Waals surface area (Å²) in [6.07, 6.45) is 1.88. The van der Waals surface area contributed by atoms with Crippen LogP contribution in [0.3, 0.4) is 0 Å². The first kappa shape index (κ1) is 30.7. The van der Waals surface area contributed by atoms with Crippen molar-refractivity contribution in [3.05, 3.63) is 187 Å². The van der Waals surface area contributed by atoms with Crippen molar-refractivity contribution in [3.63, 3.8) is 0 Å². The summed E-state index contributed by atoms with van der Waals surface area (Å²) in [5.41, 5.74) is 12.6. The number of aromatic hydroxyl groups is 1. The molecule has 0 aliphatic rings. The van der Waals surface area contributed by atoms with Gasteiger partial charge in [-0.1, -0.05) is 109 Å². The Balaban J connectivity index is 1.18. The Morgan fingerprint density at radius 1 is 0.500 bits per heavy atom. The molecular weight excluding hydrogens is 637 g/mol. The number of phenols is 1. The number of rotatable bonds is 6. The molecule has 0 fully saturated rings. The number of hydrogen-bond donors (Lipinski definition) is 1. The number of fused-ring (bicyclic) bond motifs is 3.